The first-order valence-electron chi connectivity index (χ1n) is 8.19. The van der Waals surface area contributed by atoms with Gasteiger partial charge in [-0.05, 0) is 34.9 Å². The first-order valence-corrected chi connectivity index (χ1v) is 8.19. The highest BCUT2D eigenvalue weighted by Crippen LogP contribution is 2.37. The van der Waals surface area contributed by atoms with Crippen LogP contribution in [0, 0.1) is 11.3 Å². The molecule has 128 valence electrons. The third-order valence-electron chi connectivity index (χ3n) is 4.77. The second-order valence-corrected chi connectivity index (χ2v) is 6.49. The number of hydrogen-bond acceptors (Lipinski definition) is 4. The van der Waals surface area contributed by atoms with E-state index in [0.29, 0.717) is 23.4 Å². The molecule has 0 bridgehead atoms. The number of fused-ring (bicyclic) bond motifs is 2. The van der Waals surface area contributed by atoms with Crippen molar-refractivity contribution in [1.82, 2.24) is 14.5 Å². The second-order valence-electron chi connectivity index (χ2n) is 6.49. The number of anilines is 1. The normalized spacial score (nSPS) is 13.1. The fraction of sp³-hybridized carbons (Fsp3) is 0.150. The van der Waals surface area contributed by atoms with E-state index >= 15 is 0 Å². The Bertz CT molecular complexity index is 1120. The van der Waals surface area contributed by atoms with Crippen LogP contribution in [0.25, 0.3) is 22.2 Å². The van der Waals surface area contributed by atoms with Gasteiger partial charge in [0.05, 0.1) is 35.5 Å². The molecule has 26 heavy (non-hydrogen) atoms. The SMILES string of the molecule is C=C(C#N)CN1Cc2c(-c3ccc4ncn(C)c4c3)ccc(N)c2C1=O. The predicted octanol–water partition coefficient (Wildman–Crippen LogP) is 2.86. The van der Waals surface area contributed by atoms with Crippen LogP contribution in [0.3, 0.4) is 0 Å². The lowest BCUT2D eigenvalue weighted by atomic mass is 9.95. The topological polar surface area (TPSA) is 87.9 Å². The summed E-state index contributed by atoms with van der Waals surface area (Å²) in [6, 6.07) is 11.7. The van der Waals surface area contributed by atoms with Crippen LogP contribution in [0.5, 0.6) is 0 Å². The van der Waals surface area contributed by atoms with Crippen molar-refractivity contribution in [3.05, 3.63) is 59.9 Å². The quantitative estimate of drug-likeness (QED) is 0.585. The van der Waals surface area contributed by atoms with Gasteiger partial charge in [-0.15, -0.1) is 0 Å². The van der Waals surface area contributed by atoms with Gasteiger partial charge in [0.1, 0.15) is 0 Å². The molecule has 1 aliphatic rings. The van der Waals surface area contributed by atoms with Gasteiger partial charge in [-0.25, -0.2) is 4.98 Å². The number of rotatable bonds is 3. The maximum atomic E-state index is 12.8. The van der Waals surface area contributed by atoms with Crippen molar-refractivity contribution in [2.75, 3.05) is 12.3 Å². The number of hydrogen-bond donors (Lipinski definition) is 1. The summed E-state index contributed by atoms with van der Waals surface area (Å²) < 4.78 is 1.96. The van der Waals surface area contributed by atoms with Crippen LogP contribution in [0.4, 0.5) is 5.69 Å². The van der Waals surface area contributed by atoms with Crippen molar-refractivity contribution in [2.24, 2.45) is 7.05 Å². The zero-order valence-electron chi connectivity index (χ0n) is 14.4. The van der Waals surface area contributed by atoms with Gasteiger partial charge in [-0.1, -0.05) is 18.7 Å². The maximum Gasteiger partial charge on any atom is 0.256 e. The number of carbonyl (C=O) groups is 1. The fourth-order valence-corrected chi connectivity index (χ4v) is 3.46. The summed E-state index contributed by atoms with van der Waals surface area (Å²) >= 11 is 0. The van der Waals surface area contributed by atoms with E-state index in [2.05, 4.69) is 17.6 Å². The number of nitrogens with zero attached hydrogens (tertiary/aromatic N) is 4. The Balaban J connectivity index is 1.83. The number of nitrogen functional groups attached to an aromatic ring is 1. The van der Waals surface area contributed by atoms with Gasteiger partial charge in [-0.2, -0.15) is 5.26 Å². The van der Waals surface area contributed by atoms with Crippen molar-refractivity contribution < 1.29 is 4.79 Å². The number of benzene rings is 2. The lowest BCUT2D eigenvalue weighted by Gasteiger charge is -2.14. The van der Waals surface area contributed by atoms with E-state index < -0.39 is 0 Å². The van der Waals surface area contributed by atoms with Gasteiger partial charge < -0.3 is 15.2 Å². The number of carbonyl (C=O) groups excluding carboxylic acids is 1. The van der Waals surface area contributed by atoms with Crippen molar-refractivity contribution in [1.29, 1.82) is 5.26 Å². The van der Waals surface area contributed by atoms with E-state index in [1.165, 1.54) is 0 Å². The van der Waals surface area contributed by atoms with E-state index in [-0.39, 0.29) is 12.5 Å². The predicted molar refractivity (Wildman–Crippen MR) is 100 cm³/mol. The molecule has 0 unspecified atom stereocenters. The molecule has 3 aromatic rings. The Hall–Kier alpha value is -3.59. The molecular weight excluding hydrogens is 326 g/mol. The maximum absolute atomic E-state index is 12.8. The third kappa shape index (κ3) is 2.33. The van der Waals surface area contributed by atoms with Crippen molar-refractivity contribution >= 4 is 22.6 Å². The standard InChI is InChI=1S/C20H17N5O/c1-12(8-21)9-25-10-15-14(4-5-16(22)19(15)20(25)26)13-3-6-17-18(7-13)24(2)11-23-17/h3-7,11H,1,9-10,22H2,2H3. The molecule has 2 heterocycles. The molecule has 1 amide bonds. The molecule has 0 fully saturated rings. The number of nitriles is 1. The Morgan fingerprint density at radius 1 is 1.38 bits per heavy atom. The van der Waals surface area contributed by atoms with Gasteiger partial charge in [0.15, 0.2) is 0 Å². The van der Waals surface area contributed by atoms with Crippen LogP contribution in [0.2, 0.25) is 0 Å². The number of imidazole rings is 1. The summed E-state index contributed by atoms with van der Waals surface area (Å²) in [6.07, 6.45) is 1.78. The average Bonchev–Trinajstić information content (AvgIpc) is 3.16. The van der Waals surface area contributed by atoms with Crippen molar-refractivity contribution in [3.63, 3.8) is 0 Å². The van der Waals surface area contributed by atoms with Crippen LogP contribution in [-0.2, 0) is 13.6 Å². The number of aromatic nitrogens is 2. The molecule has 0 atom stereocenters. The van der Waals surface area contributed by atoms with Crippen LogP contribution in [0.1, 0.15) is 15.9 Å². The molecule has 6 nitrogen and oxygen atoms in total. The Morgan fingerprint density at radius 3 is 2.96 bits per heavy atom. The first-order chi connectivity index (χ1) is 12.5. The zero-order chi connectivity index (χ0) is 18.4. The summed E-state index contributed by atoms with van der Waals surface area (Å²) in [7, 11) is 1.95. The van der Waals surface area contributed by atoms with Gasteiger partial charge in [-0.3, -0.25) is 4.79 Å². The molecule has 0 aliphatic carbocycles. The zero-order valence-corrected chi connectivity index (χ0v) is 14.4. The lowest BCUT2D eigenvalue weighted by molar-refractivity contribution is 0.0795. The largest absolute Gasteiger partial charge is 0.398 e. The molecule has 0 radical (unpaired) electrons. The van der Waals surface area contributed by atoms with Crippen LogP contribution >= 0.6 is 0 Å². The molecule has 1 aliphatic heterocycles. The van der Waals surface area contributed by atoms with Crippen LogP contribution in [0.15, 0.2) is 48.8 Å². The number of nitrogens with two attached hydrogens (primary N) is 1. The van der Waals surface area contributed by atoms with Gasteiger partial charge in [0.25, 0.3) is 5.91 Å². The van der Waals surface area contributed by atoms with Crippen LogP contribution in [-0.4, -0.2) is 26.9 Å². The van der Waals surface area contributed by atoms with Gasteiger partial charge in [0, 0.05) is 24.9 Å². The third-order valence-corrected chi connectivity index (χ3v) is 4.77. The first kappa shape index (κ1) is 15.9. The fourth-order valence-electron chi connectivity index (χ4n) is 3.46. The smallest absolute Gasteiger partial charge is 0.256 e. The Labute approximate surface area is 150 Å². The van der Waals surface area contributed by atoms with E-state index in [1.807, 2.05) is 35.9 Å². The second kappa shape index (κ2) is 5.74. The summed E-state index contributed by atoms with van der Waals surface area (Å²) in [5.41, 5.74) is 12.2. The van der Waals surface area contributed by atoms with E-state index in [1.54, 1.807) is 17.3 Å². The summed E-state index contributed by atoms with van der Waals surface area (Å²) in [5.74, 6) is -0.155. The number of amides is 1. The average molecular weight is 343 g/mol. The van der Waals surface area contributed by atoms with E-state index in [0.717, 1.165) is 27.7 Å². The number of aryl methyl sites for hydroxylation is 1. The monoisotopic (exact) mass is 343 g/mol. The molecule has 0 saturated heterocycles. The van der Waals surface area contributed by atoms with E-state index in [4.69, 9.17) is 11.0 Å². The minimum atomic E-state index is -0.155. The summed E-state index contributed by atoms with van der Waals surface area (Å²) in [6.45, 7) is 4.31. The van der Waals surface area contributed by atoms with Crippen molar-refractivity contribution in [3.8, 4) is 17.2 Å². The molecule has 6 heteroatoms. The Morgan fingerprint density at radius 2 is 2.19 bits per heavy atom. The molecule has 2 N–H and O–H groups in total. The van der Waals surface area contributed by atoms with Gasteiger partial charge in [0.2, 0.25) is 0 Å². The summed E-state index contributed by atoms with van der Waals surface area (Å²) in [4.78, 5) is 18.7. The molecule has 1 aromatic heterocycles. The summed E-state index contributed by atoms with van der Waals surface area (Å²) in [5, 5.41) is 8.97. The minimum Gasteiger partial charge on any atom is -0.398 e. The molecule has 0 saturated carbocycles. The highest BCUT2D eigenvalue weighted by Gasteiger charge is 2.32. The molecule has 4 rings (SSSR count). The van der Waals surface area contributed by atoms with Gasteiger partial charge >= 0.3 is 0 Å². The van der Waals surface area contributed by atoms with E-state index in [9.17, 15) is 4.79 Å². The molecular formula is C20H17N5O. The lowest BCUT2D eigenvalue weighted by Crippen LogP contribution is -2.26. The minimum absolute atomic E-state index is 0.155. The van der Waals surface area contributed by atoms with Crippen molar-refractivity contribution in [2.45, 2.75) is 6.54 Å². The van der Waals surface area contributed by atoms with Crippen LogP contribution < -0.4 is 5.73 Å². The molecule has 2 aromatic carbocycles. The highest BCUT2D eigenvalue weighted by atomic mass is 16.2. The Kier molecular flexibility index (Phi) is 3.51. The highest BCUT2D eigenvalue weighted by molar-refractivity contribution is 6.05. The molecule has 0 spiro atoms.